The average Bonchev–Trinajstić information content (AvgIpc) is 3.51. The topological polar surface area (TPSA) is 0 Å². The summed E-state index contributed by atoms with van der Waals surface area (Å²) in [5.74, 6) is 0.526. The molecule has 1 aliphatic heterocycles. The SMILES string of the molecule is Cc1ccc2[cH-]c(C(C)(C)C)cc2c1-c1ccccc1C(C)C.[Cl][Zr+2][Cl].[c-]1cccc2c1[Si]c1ccccc1-2. The smallest absolute Gasteiger partial charge is 0.0920 e. The molecule has 0 amide bonds. The molecular formula is C35H34Cl2SiZr. The first-order valence-electron chi connectivity index (χ1n) is 13.3. The van der Waals surface area contributed by atoms with E-state index >= 15 is 0 Å². The molecule has 5 aromatic rings. The molecule has 2 radical (unpaired) electrons. The first-order chi connectivity index (χ1) is 18.7. The van der Waals surface area contributed by atoms with Crippen LogP contribution in [-0.2, 0) is 26.3 Å². The Morgan fingerprint density at radius 1 is 0.846 bits per heavy atom. The van der Waals surface area contributed by atoms with Crippen LogP contribution in [0.1, 0.15) is 57.2 Å². The van der Waals surface area contributed by atoms with Gasteiger partial charge in [0.05, 0.1) is 9.52 Å². The fourth-order valence-corrected chi connectivity index (χ4v) is 6.45. The van der Waals surface area contributed by atoms with Crippen LogP contribution in [0.25, 0.3) is 33.0 Å². The normalized spacial score (nSPS) is 11.6. The molecule has 0 spiro atoms. The molecule has 39 heavy (non-hydrogen) atoms. The first kappa shape index (κ1) is 30.1. The third-order valence-corrected chi connectivity index (χ3v) is 8.52. The number of hydrogen-bond donors (Lipinski definition) is 0. The van der Waals surface area contributed by atoms with Gasteiger partial charge in [-0.3, -0.25) is 0 Å². The Balaban J connectivity index is 0.000000184. The monoisotopic (exact) mass is 642 g/mol. The quantitative estimate of drug-likeness (QED) is 0.130. The van der Waals surface area contributed by atoms with Gasteiger partial charge in [0.2, 0.25) is 0 Å². The van der Waals surface area contributed by atoms with E-state index in [0.717, 1.165) is 9.52 Å². The Labute approximate surface area is 255 Å². The minimum Gasteiger partial charge on any atom is -0.184 e. The summed E-state index contributed by atoms with van der Waals surface area (Å²) in [6.45, 7) is 13.6. The minimum atomic E-state index is -0.826. The van der Waals surface area contributed by atoms with Crippen LogP contribution in [0, 0.1) is 13.0 Å². The van der Waals surface area contributed by atoms with E-state index in [2.05, 4.69) is 133 Å². The van der Waals surface area contributed by atoms with Crippen LogP contribution in [0.15, 0.2) is 91.0 Å². The Kier molecular flexibility index (Phi) is 10.2. The second-order valence-corrected chi connectivity index (χ2v) is 16.2. The molecule has 196 valence electrons. The van der Waals surface area contributed by atoms with Crippen molar-refractivity contribution in [2.24, 2.45) is 0 Å². The summed E-state index contributed by atoms with van der Waals surface area (Å²) in [6.07, 6.45) is 0. The summed E-state index contributed by atoms with van der Waals surface area (Å²) < 4.78 is 0. The summed E-state index contributed by atoms with van der Waals surface area (Å²) in [5.41, 5.74) is 9.95. The maximum atomic E-state index is 4.93. The van der Waals surface area contributed by atoms with Crippen molar-refractivity contribution in [1.29, 1.82) is 0 Å². The average molecular weight is 645 g/mol. The van der Waals surface area contributed by atoms with E-state index in [4.69, 9.17) is 17.0 Å². The van der Waals surface area contributed by atoms with Gasteiger partial charge in [-0.15, -0.1) is 40.1 Å². The molecule has 0 aliphatic carbocycles. The molecule has 0 aromatic heterocycles. The number of halogens is 2. The number of hydrogen-bond acceptors (Lipinski definition) is 0. The van der Waals surface area contributed by atoms with Crippen molar-refractivity contribution < 1.29 is 20.8 Å². The molecule has 0 saturated heterocycles. The van der Waals surface area contributed by atoms with Crippen molar-refractivity contribution in [3.63, 3.8) is 0 Å². The summed E-state index contributed by atoms with van der Waals surface area (Å²) in [6, 6.07) is 36.3. The summed E-state index contributed by atoms with van der Waals surface area (Å²) in [5, 5.41) is 5.57. The molecule has 1 heterocycles. The fraction of sp³-hybridized carbons (Fsp3) is 0.229. The summed E-state index contributed by atoms with van der Waals surface area (Å²) >= 11 is -0.826. The van der Waals surface area contributed by atoms with Gasteiger partial charge < -0.3 is 0 Å². The van der Waals surface area contributed by atoms with Gasteiger partial charge in [-0.25, -0.2) is 0 Å². The van der Waals surface area contributed by atoms with Crippen LogP contribution >= 0.6 is 17.0 Å². The largest absolute Gasteiger partial charge is 0.184 e. The number of aryl methyl sites for hydroxylation is 1. The molecule has 0 fully saturated rings. The Morgan fingerprint density at radius 2 is 1.49 bits per heavy atom. The van der Waals surface area contributed by atoms with E-state index in [1.54, 1.807) is 0 Å². The van der Waals surface area contributed by atoms with E-state index in [9.17, 15) is 0 Å². The molecule has 4 heteroatoms. The molecule has 1 aliphatic rings. The van der Waals surface area contributed by atoms with Gasteiger partial charge in [0.25, 0.3) is 0 Å². The number of fused-ring (bicyclic) bond motifs is 4. The second-order valence-electron chi connectivity index (χ2n) is 11.2. The third kappa shape index (κ3) is 6.91. The van der Waals surface area contributed by atoms with Gasteiger partial charge in [0, 0.05) is 0 Å². The van der Waals surface area contributed by atoms with Gasteiger partial charge in [0.15, 0.2) is 0 Å². The van der Waals surface area contributed by atoms with Crippen molar-refractivity contribution in [2.45, 2.75) is 52.9 Å². The number of benzene rings is 4. The third-order valence-electron chi connectivity index (χ3n) is 7.15. The molecular weight excluding hydrogens is 611 g/mol. The van der Waals surface area contributed by atoms with Crippen molar-refractivity contribution in [3.8, 4) is 22.3 Å². The van der Waals surface area contributed by atoms with Crippen LogP contribution < -0.4 is 10.4 Å². The molecule has 0 unspecified atom stereocenters. The van der Waals surface area contributed by atoms with Gasteiger partial charge in [-0.05, 0) is 29.4 Å². The van der Waals surface area contributed by atoms with Gasteiger partial charge in [-0.2, -0.15) is 35.5 Å². The van der Waals surface area contributed by atoms with E-state index in [0.29, 0.717) is 5.92 Å². The molecule has 0 bridgehead atoms. The summed E-state index contributed by atoms with van der Waals surface area (Å²) in [7, 11) is 10.7. The van der Waals surface area contributed by atoms with Crippen molar-refractivity contribution in [2.75, 3.05) is 0 Å². The predicted octanol–water partition coefficient (Wildman–Crippen LogP) is 9.45. The van der Waals surface area contributed by atoms with Gasteiger partial charge in [0.1, 0.15) is 0 Å². The zero-order valence-corrected chi connectivity index (χ0v) is 28.5. The standard InChI is InChI=1S/C23H27.C12H7Si.2ClH.Zr/c1-15(2)19-9-7-8-10-20(19)22-16(3)11-12-17-13-18(14-21(17)22)23(4,5)6;1-3-7-11-9(5-1)10-6-2-4-8-12(10)13-11;;;/h7-15H,1-6H3;1-7H;2*1H;/q2*-1;;;+4/p-2. The molecule has 0 nitrogen and oxygen atoms in total. The molecule has 6 rings (SSSR count). The molecule has 0 saturated carbocycles. The van der Waals surface area contributed by atoms with Crippen LogP contribution in [0.5, 0.6) is 0 Å². The molecule has 0 N–H and O–H groups in total. The van der Waals surface area contributed by atoms with E-state index < -0.39 is 20.8 Å². The predicted molar refractivity (Wildman–Crippen MR) is 170 cm³/mol. The van der Waals surface area contributed by atoms with E-state index in [-0.39, 0.29) is 5.41 Å². The zero-order chi connectivity index (χ0) is 28.2. The summed E-state index contributed by atoms with van der Waals surface area (Å²) in [4.78, 5) is 0. The fourth-order valence-electron chi connectivity index (χ4n) is 5.14. The maximum Gasteiger partial charge on any atom is 0.0920 e. The number of rotatable bonds is 2. The maximum absolute atomic E-state index is 4.93. The Bertz CT molecular complexity index is 1520. The van der Waals surface area contributed by atoms with Gasteiger partial charge >= 0.3 is 37.9 Å². The second kappa shape index (κ2) is 13.2. The van der Waals surface area contributed by atoms with Crippen molar-refractivity contribution in [1.82, 2.24) is 0 Å². The Morgan fingerprint density at radius 3 is 2.18 bits per heavy atom. The van der Waals surface area contributed by atoms with Crippen molar-refractivity contribution >= 4 is 47.7 Å². The Hall–Kier alpha value is -1.83. The molecule has 5 aromatic carbocycles. The van der Waals surface area contributed by atoms with Crippen LogP contribution in [0.2, 0.25) is 0 Å². The minimum absolute atomic E-state index is 0.182. The van der Waals surface area contributed by atoms with Crippen LogP contribution in [0.3, 0.4) is 0 Å². The van der Waals surface area contributed by atoms with E-state index in [1.807, 2.05) is 6.07 Å². The molecule has 0 atom stereocenters. The van der Waals surface area contributed by atoms with E-state index in [1.165, 1.54) is 60.1 Å². The van der Waals surface area contributed by atoms with Gasteiger partial charge in [-0.1, -0.05) is 105 Å². The van der Waals surface area contributed by atoms with Crippen LogP contribution in [0.4, 0.5) is 0 Å². The van der Waals surface area contributed by atoms with Crippen molar-refractivity contribution in [3.05, 3.63) is 114 Å². The van der Waals surface area contributed by atoms with Crippen LogP contribution in [-0.4, -0.2) is 9.52 Å². The first-order valence-corrected chi connectivity index (χ1v) is 20.6. The zero-order valence-electron chi connectivity index (χ0n) is 23.5.